The number of hydrogen-bond donors (Lipinski definition) is 0. The number of hydrogen-bond acceptors (Lipinski definition) is 1. The van der Waals surface area contributed by atoms with Crippen molar-refractivity contribution in [3.05, 3.63) is 0 Å². The lowest BCUT2D eigenvalue weighted by Gasteiger charge is -2.33. The van der Waals surface area contributed by atoms with Crippen LogP contribution >= 0.6 is 0 Å². The Labute approximate surface area is 97.2 Å². The molecule has 2 saturated heterocycles. The van der Waals surface area contributed by atoms with E-state index < -0.39 is 0 Å². The van der Waals surface area contributed by atoms with Gasteiger partial charge in [-0.3, -0.25) is 4.90 Å². The number of fused-ring (bicyclic) bond motifs is 1. The molecule has 2 rings (SSSR count). The van der Waals surface area contributed by atoms with Crippen molar-refractivity contribution in [3.63, 3.8) is 0 Å². The van der Waals surface area contributed by atoms with Crippen molar-refractivity contribution < 1.29 is 0 Å². The molecule has 2 aliphatic rings. The summed E-state index contributed by atoms with van der Waals surface area (Å²) in [4.78, 5) is 2.76. The van der Waals surface area contributed by atoms with E-state index in [4.69, 9.17) is 0 Å². The summed E-state index contributed by atoms with van der Waals surface area (Å²) in [6.07, 6.45) is 7.18. The molecule has 0 unspecified atom stereocenters. The molecule has 92 valence electrons. The maximum Gasteiger partial charge on any atom is 0.0210 e. The lowest BCUT2D eigenvalue weighted by molar-refractivity contribution is 0.153. The molecule has 2 aliphatic heterocycles. The third-order valence-electron chi connectivity index (χ3n) is 3.87. The van der Waals surface area contributed by atoms with Crippen LogP contribution in [-0.4, -0.2) is 23.0 Å². The molecule has 1 heteroatoms. The molecular weight excluding hydrogens is 182 g/mol. The maximum absolute atomic E-state index is 2.76. The van der Waals surface area contributed by atoms with Gasteiger partial charge in [-0.2, -0.15) is 0 Å². The molecule has 0 amide bonds. The van der Waals surface area contributed by atoms with Crippen molar-refractivity contribution in [2.45, 2.75) is 85.2 Å². The molecule has 2 heterocycles. The summed E-state index contributed by atoms with van der Waals surface area (Å²) < 4.78 is 0. The second kappa shape index (κ2) is 7.27. The Morgan fingerprint density at radius 1 is 1.13 bits per heavy atom. The summed E-state index contributed by atoms with van der Waals surface area (Å²) in [5, 5.41) is 0. The zero-order valence-electron chi connectivity index (χ0n) is 11.8. The van der Waals surface area contributed by atoms with Crippen molar-refractivity contribution in [2.75, 3.05) is 6.54 Å². The average Bonchev–Trinajstić information content (AvgIpc) is 2.86. The predicted octanol–water partition coefficient (Wildman–Crippen LogP) is 4.47. The zero-order chi connectivity index (χ0) is 11.9. The first-order chi connectivity index (χ1) is 7.28. The van der Waals surface area contributed by atoms with Gasteiger partial charge in [0, 0.05) is 11.6 Å². The molecule has 0 N–H and O–H groups in total. The van der Waals surface area contributed by atoms with Gasteiger partial charge in [-0.15, -0.1) is 0 Å². The minimum atomic E-state index is 0.652. The smallest absolute Gasteiger partial charge is 0.0210 e. The summed E-state index contributed by atoms with van der Waals surface area (Å²) >= 11 is 0. The van der Waals surface area contributed by atoms with Crippen LogP contribution in [0.1, 0.15) is 73.6 Å². The summed E-state index contributed by atoms with van der Waals surface area (Å²) in [6, 6.07) is 0.873. The van der Waals surface area contributed by atoms with Crippen LogP contribution in [0.4, 0.5) is 0 Å². The van der Waals surface area contributed by atoms with Gasteiger partial charge in [0.1, 0.15) is 0 Å². The van der Waals surface area contributed by atoms with Gasteiger partial charge >= 0.3 is 0 Å². The summed E-state index contributed by atoms with van der Waals surface area (Å²) in [5.74, 6) is 0. The van der Waals surface area contributed by atoms with Gasteiger partial charge in [0.15, 0.2) is 0 Å². The second-order valence-corrected chi connectivity index (χ2v) is 4.26. The molecule has 2 atom stereocenters. The molecule has 0 aromatic heterocycles. The molecule has 0 aliphatic carbocycles. The van der Waals surface area contributed by atoms with Crippen molar-refractivity contribution in [2.24, 2.45) is 0 Å². The van der Waals surface area contributed by atoms with Crippen LogP contribution in [-0.2, 0) is 0 Å². The number of nitrogens with zero attached hydrogens (tertiary/aromatic N) is 1. The third-order valence-corrected chi connectivity index (χ3v) is 3.87. The minimum Gasteiger partial charge on any atom is -0.295 e. The molecule has 0 spiro atoms. The van der Waals surface area contributed by atoms with E-state index in [1.54, 1.807) is 0 Å². The van der Waals surface area contributed by atoms with Gasteiger partial charge < -0.3 is 0 Å². The third kappa shape index (κ3) is 2.96. The quantitative estimate of drug-likeness (QED) is 0.621. The Morgan fingerprint density at radius 2 is 1.73 bits per heavy atom. The first-order valence-electron chi connectivity index (χ1n) is 7.05. The van der Waals surface area contributed by atoms with Gasteiger partial charge in [-0.1, -0.05) is 34.6 Å². The first-order valence-corrected chi connectivity index (χ1v) is 7.05. The Hall–Kier alpha value is -0.0400. The van der Waals surface area contributed by atoms with Crippen molar-refractivity contribution in [1.29, 1.82) is 0 Å². The van der Waals surface area contributed by atoms with Gasteiger partial charge in [0.25, 0.3) is 0 Å². The van der Waals surface area contributed by atoms with Crippen molar-refractivity contribution in [3.8, 4) is 0 Å². The van der Waals surface area contributed by atoms with Crippen LogP contribution in [0.3, 0.4) is 0 Å². The Morgan fingerprint density at radius 3 is 2.20 bits per heavy atom. The van der Waals surface area contributed by atoms with E-state index in [2.05, 4.69) is 18.7 Å². The normalized spacial score (nSPS) is 33.6. The SMILES string of the molecule is CC.CC.CC[C@@]12CCCN1[C@@H](C)CC2. The summed E-state index contributed by atoms with van der Waals surface area (Å²) in [7, 11) is 0. The van der Waals surface area contributed by atoms with Gasteiger partial charge in [0.05, 0.1) is 0 Å². The van der Waals surface area contributed by atoms with E-state index in [1.807, 2.05) is 27.7 Å². The highest BCUT2D eigenvalue weighted by Gasteiger charge is 2.45. The predicted molar refractivity (Wildman–Crippen MR) is 70.4 cm³/mol. The number of rotatable bonds is 1. The topological polar surface area (TPSA) is 3.24 Å². The Bertz CT molecular complexity index is 155. The Kier molecular flexibility index (Phi) is 7.25. The van der Waals surface area contributed by atoms with Crippen LogP contribution in [0.5, 0.6) is 0 Å². The molecule has 0 saturated carbocycles. The summed E-state index contributed by atoms with van der Waals surface area (Å²) in [5.41, 5.74) is 0.652. The van der Waals surface area contributed by atoms with E-state index in [1.165, 1.54) is 38.6 Å². The van der Waals surface area contributed by atoms with Crippen molar-refractivity contribution in [1.82, 2.24) is 4.90 Å². The lowest BCUT2D eigenvalue weighted by atomic mass is 9.91. The highest BCUT2D eigenvalue weighted by atomic mass is 15.3. The van der Waals surface area contributed by atoms with Crippen molar-refractivity contribution >= 4 is 0 Å². The largest absolute Gasteiger partial charge is 0.295 e. The van der Waals surface area contributed by atoms with E-state index >= 15 is 0 Å². The first kappa shape index (κ1) is 15.0. The monoisotopic (exact) mass is 213 g/mol. The molecule has 1 nitrogen and oxygen atoms in total. The standard InChI is InChI=1S/C10H19N.2C2H6/c1-3-10-6-4-8-11(10)9(2)5-7-10;2*1-2/h9H,3-8H2,1-2H3;2*1-2H3/t9-,10-;;/m0../s1. The molecule has 0 radical (unpaired) electrons. The van der Waals surface area contributed by atoms with E-state index in [9.17, 15) is 0 Å². The van der Waals surface area contributed by atoms with Gasteiger partial charge in [-0.05, 0) is 45.6 Å². The van der Waals surface area contributed by atoms with Crippen LogP contribution in [0, 0.1) is 0 Å². The zero-order valence-corrected chi connectivity index (χ0v) is 11.8. The van der Waals surface area contributed by atoms with E-state index in [0.717, 1.165) is 6.04 Å². The fourth-order valence-corrected chi connectivity index (χ4v) is 3.11. The minimum absolute atomic E-state index is 0.652. The van der Waals surface area contributed by atoms with E-state index in [-0.39, 0.29) is 0 Å². The van der Waals surface area contributed by atoms with Crippen LogP contribution in [0.2, 0.25) is 0 Å². The molecule has 0 aromatic rings. The van der Waals surface area contributed by atoms with Crippen LogP contribution in [0.25, 0.3) is 0 Å². The molecule has 15 heavy (non-hydrogen) atoms. The summed E-state index contributed by atoms with van der Waals surface area (Å²) in [6.45, 7) is 14.1. The fourth-order valence-electron chi connectivity index (χ4n) is 3.11. The highest BCUT2D eigenvalue weighted by Crippen LogP contribution is 2.43. The highest BCUT2D eigenvalue weighted by molar-refractivity contribution is 5.02. The molecule has 2 fully saturated rings. The van der Waals surface area contributed by atoms with E-state index in [0.29, 0.717) is 5.54 Å². The fraction of sp³-hybridized carbons (Fsp3) is 1.00. The lowest BCUT2D eigenvalue weighted by Crippen LogP contribution is -2.40. The maximum atomic E-state index is 2.76. The van der Waals surface area contributed by atoms with Crippen LogP contribution in [0.15, 0.2) is 0 Å². The molecule has 0 aromatic carbocycles. The second-order valence-electron chi connectivity index (χ2n) is 4.26. The van der Waals surface area contributed by atoms with Gasteiger partial charge in [-0.25, -0.2) is 0 Å². The van der Waals surface area contributed by atoms with Crippen LogP contribution < -0.4 is 0 Å². The molecular formula is C14H31N. The average molecular weight is 213 g/mol. The van der Waals surface area contributed by atoms with Gasteiger partial charge in [0.2, 0.25) is 0 Å². The Balaban J connectivity index is 0.000000442. The molecule has 0 bridgehead atoms.